The second-order valence-electron chi connectivity index (χ2n) is 7.12. The molecule has 146 valence electrons. The fourth-order valence-electron chi connectivity index (χ4n) is 3.29. The lowest BCUT2D eigenvalue weighted by Crippen LogP contribution is -2.45. The van der Waals surface area contributed by atoms with Crippen LogP contribution in [0.3, 0.4) is 0 Å². The van der Waals surface area contributed by atoms with Gasteiger partial charge in [0.05, 0.1) is 0 Å². The topological polar surface area (TPSA) is 86.9 Å². The molecule has 0 saturated carbocycles. The first kappa shape index (κ1) is 19.1. The number of likely N-dealkylation sites (tertiary alicyclic amines) is 1. The van der Waals surface area contributed by atoms with E-state index in [1.54, 1.807) is 0 Å². The summed E-state index contributed by atoms with van der Waals surface area (Å²) in [6.07, 6.45) is 3.62. The third-order valence-electron chi connectivity index (χ3n) is 4.67. The first-order chi connectivity index (χ1) is 13.1. The number of amides is 1. The molecule has 2 aromatic rings. The van der Waals surface area contributed by atoms with Gasteiger partial charge in [-0.15, -0.1) is 10.2 Å². The van der Waals surface area contributed by atoms with Crippen molar-refractivity contribution in [2.75, 3.05) is 26.2 Å². The minimum Gasteiger partial charge on any atom is -0.357 e. The van der Waals surface area contributed by atoms with Gasteiger partial charge in [0.25, 0.3) is 0 Å². The molecule has 3 heterocycles. The molecule has 1 aliphatic rings. The molecule has 8 heteroatoms. The zero-order valence-corrected chi connectivity index (χ0v) is 16.4. The van der Waals surface area contributed by atoms with E-state index in [0.29, 0.717) is 13.0 Å². The van der Waals surface area contributed by atoms with Gasteiger partial charge in [0.15, 0.2) is 11.6 Å². The van der Waals surface area contributed by atoms with Crippen molar-refractivity contribution >= 4 is 17.5 Å². The van der Waals surface area contributed by atoms with Gasteiger partial charge in [-0.25, -0.2) is 0 Å². The summed E-state index contributed by atoms with van der Waals surface area (Å²) < 4.78 is 1.99. The van der Waals surface area contributed by atoms with Crippen molar-refractivity contribution < 1.29 is 4.79 Å². The molecule has 1 saturated heterocycles. The van der Waals surface area contributed by atoms with E-state index >= 15 is 0 Å². The molecule has 1 unspecified atom stereocenters. The first-order valence-corrected chi connectivity index (χ1v) is 9.70. The molecular formula is C19H29N7O. The molecular weight excluding hydrogens is 342 g/mol. The van der Waals surface area contributed by atoms with Gasteiger partial charge >= 0.3 is 0 Å². The molecule has 2 aromatic heterocycles. The molecule has 0 spiro atoms. The minimum atomic E-state index is 0.0450. The Morgan fingerprint density at radius 1 is 1.37 bits per heavy atom. The molecule has 27 heavy (non-hydrogen) atoms. The number of hydrogen-bond donors (Lipinski definition) is 2. The predicted octanol–water partition coefficient (Wildman–Crippen LogP) is 1.08. The second kappa shape index (κ2) is 8.83. The smallest absolute Gasteiger partial charge is 0.225 e. The van der Waals surface area contributed by atoms with Crippen molar-refractivity contribution in [3.63, 3.8) is 0 Å². The maximum Gasteiger partial charge on any atom is 0.225 e. The molecule has 1 fully saturated rings. The number of aromatic nitrogens is 3. The average Bonchev–Trinajstić information content (AvgIpc) is 3.28. The lowest BCUT2D eigenvalue weighted by molar-refractivity contribution is -0.133. The first-order valence-electron chi connectivity index (χ1n) is 9.70. The Kier molecular flexibility index (Phi) is 6.26. The van der Waals surface area contributed by atoms with Crippen LogP contribution in [0.2, 0.25) is 0 Å². The summed E-state index contributed by atoms with van der Waals surface area (Å²) in [5.41, 5.74) is 0.849. The van der Waals surface area contributed by atoms with Crippen LogP contribution < -0.4 is 10.6 Å². The maximum atomic E-state index is 12.1. The van der Waals surface area contributed by atoms with Crippen LogP contribution in [0, 0.1) is 5.92 Å². The Hall–Kier alpha value is -2.64. The number of pyridine rings is 1. The van der Waals surface area contributed by atoms with Crippen LogP contribution in [0.25, 0.3) is 5.65 Å². The fourth-order valence-corrected chi connectivity index (χ4v) is 3.29. The van der Waals surface area contributed by atoms with Gasteiger partial charge in [-0.05, 0) is 25.5 Å². The lowest BCUT2D eigenvalue weighted by atomic mass is 10.2. The SMILES string of the molecule is CCNC(=NCCc1nnc2ccccn12)NC1CCN(C(=O)C(C)C)C1. The summed E-state index contributed by atoms with van der Waals surface area (Å²) in [6, 6.07) is 6.10. The van der Waals surface area contributed by atoms with Crippen molar-refractivity contribution in [1.82, 2.24) is 30.1 Å². The van der Waals surface area contributed by atoms with Gasteiger partial charge < -0.3 is 15.5 Å². The Balaban J connectivity index is 1.56. The fraction of sp³-hybridized carbons (Fsp3) is 0.579. The van der Waals surface area contributed by atoms with E-state index in [-0.39, 0.29) is 17.9 Å². The molecule has 0 bridgehead atoms. The maximum absolute atomic E-state index is 12.1. The van der Waals surface area contributed by atoms with Crippen LogP contribution in [0.4, 0.5) is 0 Å². The van der Waals surface area contributed by atoms with Crippen molar-refractivity contribution in [2.24, 2.45) is 10.9 Å². The van der Waals surface area contributed by atoms with E-state index in [1.165, 1.54) is 0 Å². The number of hydrogen-bond acceptors (Lipinski definition) is 4. The Morgan fingerprint density at radius 3 is 3.00 bits per heavy atom. The average molecular weight is 371 g/mol. The Morgan fingerprint density at radius 2 is 2.22 bits per heavy atom. The summed E-state index contributed by atoms with van der Waals surface area (Å²) in [5, 5.41) is 15.2. The van der Waals surface area contributed by atoms with E-state index in [1.807, 2.05) is 54.5 Å². The predicted molar refractivity (Wildman–Crippen MR) is 106 cm³/mol. The zero-order valence-electron chi connectivity index (χ0n) is 16.4. The van der Waals surface area contributed by atoms with Crippen molar-refractivity contribution in [1.29, 1.82) is 0 Å². The summed E-state index contributed by atoms with van der Waals surface area (Å²) in [7, 11) is 0. The number of carbonyl (C=O) groups excluding carboxylic acids is 1. The van der Waals surface area contributed by atoms with E-state index in [2.05, 4.69) is 25.8 Å². The molecule has 0 aromatic carbocycles. The third kappa shape index (κ3) is 4.75. The van der Waals surface area contributed by atoms with Gasteiger partial charge in [0, 0.05) is 50.8 Å². The van der Waals surface area contributed by atoms with Gasteiger partial charge in [0.1, 0.15) is 5.82 Å². The van der Waals surface area contributed by atoms with Crippen molar-refractivity contribution in [3.05, 3.63) is 30.2 Å². The molecule has 0 radical (unpaired) electrons. The number of fused-ring (bicyclic) bond motifs is 1. The molecule has 3 rings (SSSR count). The highest BCUT2D eigenvalue weighted by Gasteiger charge is 2.27. The summed E-state index contributed by atoms with van der Waals surface area (Å²) in [6.45, 7) is 8.89. The quantitative estimate of drug-likeness (QED) is 0.586. The number of guanidine groups is 1. The second-order valence-corrected chi connectivity index (χ2v) is 7.12. The minimum absolute atomic E-state index is 0.0450. The number of carbonyl (C=O) groups is 1. The Labute approximate surface area is 160 Å². The van der Waals surface area contributed by atoms with Crippen LogP contribution >= 0.6 is 0 Å². The van der Waals surface area contributed by atoms with E-state index in [4.69, 9.17) is 0 Å². The number of rotatable bonds is 6. The van der Waals surface area contributed by atoms with Crippen LogP contribution in [-0.4, -0.2) is 63.6 Å². The van der Waals surface area contributed by atoms with E-state index in [9.17, 15) is 4.79 Å². The summed E-state index contributed by atoms with van der Waals surface area (Å²) in [5.74, 6) is 1.96. The highest BCUT2D eigenvalue weighted by atomic mass is 16.2. The van der Waals surface area contributed by atoms with Crippen LogP contribution in [0.1, 0.15) is 33.0 Å². The van der Waals surface area contributed by atoms with Crippen molar-refractivity contribution in [3.8, 4) is 0 Å². The van der Waals surface area contributed by atoms with Gasteiger partial charge in [-0.1, -0.05) is 19.9 Å². The van der Waals surface area contributed by atoms with E-state index in [0.717, 1.165) is 43.5 Å². The van der Waals surface area contributed by atoms with Crippen LogP contribution in [0.5, 0.6) is 0 Å². The molecule has 2 N–H and O–H groups in total. The highest BCUT2D eigenvalue weighted by Crippen LogP contribution is 2.12. The number of nitrogens with one attached hydrogen (secondary N) is 2. The molecule has 1 amide bonds. The van der Waals surface area contributed by atoms with E-state index < -0.39 is 0 Å². The summed E-state index contributed by atoms with van der Waals surface area (Å²) >= 11 is 0. The third-order valence-corrected chi connectivity index (χ3v) is 4.67. The number of nitrogens with zero attached hydrogens (tertiary/aromatic N) is 5. The summed E-state index contributed by atoms with van der Waals surface area (Å²) in [4.78, 5) is 18.8. The molecule has 0 aliphatic carbocycles. The molecule has 8 nitrogen and oxygen atoms in total. The van der Waals surface area contributed by atoms with Gasteiger partial charge in [-0.2, -0.15) is 0 Å². The van der Waals surface area contributed by atoms with Crippen LogP contribution in [-0.2, 0) is 11.2 Å². The van der Waals surface area contributed by atoms with Gasteiger partial charge in [0.2, 0.25) is 5.91 Å². The normalized spacial score (nSPS) is 17.7. The highest BCUT2D eigenvalue weighted by molar-refractivity contribution is 5.81. The monoisotopic (exact) mass is 371 g/mol. The molecule has 1 atom stereocenters. The lowest BCUT2D eigenvalue weighted by Gasteiger charge is -2.20. The molecule has 1 aliphatic heterocycles. The number of aliphatic imine (C=N–C) groups is 1. The van der Waals surface area contributed by atoms with Crippen molar-refractivity contribution in [2.45, 2.75) is 39.7 Å². The standard InChI is InChI=1S/C19H29N7O/c1-4-20-19(22-15-9-12-25(13-15)18(27)14(2)3)21-10-8-17-24-23-16-7-5-6-11-26(16)17/h5-7,11,14-15H,4,8-10,12-13H2,1-3H3,(H2,20,21,22). The Bertz CT molecular complexity index is 798. The van der Waals surface area contributed by atoms with Gasteiger partial charge in [-0.3, -0.25) is 14.2 Å². The zero-order chi connectivity index (χ0) is 19.2. The van der Waals surface area contributed by atoms with Crippen LogP contribution in [0.15, 0.2) is 29.4 Å². The largest absolute Gasteiger partial charge is 0.357 e.